The first kappa shape index (κ1) is 22.0. The molecule has 2 aromatic carbocycles. The van der Waals surface area contributed by atoms with Gasteiger partial charge in [0.1, 0.15) is 5.75 Å². The summed E-state index contributed by atoms with van der Waals surface area (Å²) in [6, 6.07) is 12.8. The Labute approximate surface area is 205 Å². The average Bonchev–Trinajstić information content (AvgIpc) is 3.81. The van der Waals surface area contributed by atoms with Gasteiger partial charge in [0.15, 0.2) is 0 Å². The van der Waals surface area contributed by atoms with E-state index in [0.29, 0.717) is 12.5 Å². The van der Waals surface area contributed by atoms with Gasteiger partial charge >= 0.3 is 0 Å². The lowest BCUT2D eigenvalue weighted by atomic mass is 10.1. The quantitative estimate of drug-likeness (QED) is 0.305. The monoisotopic (exact) mass is 469 g/mol. The number of aromatic nitrogens is 4. The minimum absolute atomic E-state index is 0.607. The molecule has 7 nitrogen and oxygen atoms in total. The Hall–Kier alpha value is -3.45. The predicted octanol–water partition coefficient (Wildman–Crippen LogP) is 5.51. The summed E-state index contributed by atoms with van der Waals surface area (Å²) in [5.74, 6) is 2.31. The first-order valence-corrected chi connectivity index (χ1v) is 12.4. The zero-order valence-corrected chi connectivity index (χ0v) is 20.4. The van der Waals surface area contributed by atoms with Crippen molar-refractivity contribution < 1.29 is 9.47 Å². The Morgan fingerprint density at radius 1 is 0.971 bits per heavy atom. The Morgan fingerprint density at radius 3 is 2.57 bits per heavy atom. The molecule has 0 saturated heterocycles. The number of aryl methyl sites for hydroxylation is 1. The second-order valence-corrected chi connectivity index (χ2v) is 9.88. The molecule has 180 valence electrons. The zero-order chi connectivity index (χ0) is 23.8. The van der Waals surface area contributed by atoms with E-state index in [1.165, 1.54) is 25.7 Å². The van der Waals surface area contributed by atoms with Crippen molar-refractivity contribution in [1.82, 2.24) is 19.7 Å². The van der Waals surface area contributed by atoms with E-state index >= 15 is 0 Å². The van der Waals surface area contributed by atoms with Gasteiger partial charge < -0.3 is 14.4 Å². The van der Waals surface area contributed by atoms with Crippen LogP contribution in [0.2, 0.25) is 0 Å². The molecule has 0 radical (unpaired) electrons. The molecule has 2 aromatic heterocycles. The van der Waals surface area contributed by atoms with Crippen molar-refractivity contribution >= 4 is 22.4 Å². The summed E-state index contributed by atoms with van der Waals surface area (Å²) in [6.07, 6.45) is 10.7. The summed E-state index contributed by atoms with van der Waals surface area (Å²) in [6.45, 7) is 2.42. The maximum Gasteiger partial charge on any atom is 0.121 e. The van der Waals surface area contributed by atoms with Gasteiger partial charge in [0, 0.05) is 49.4 Å². The minimum atomic E-state index is 0.607. The highest BCUT2D eigenvalue weighted by Gasteiger charge is 2.26. The molecule has 2 heterocycles. The van der Waals surface area contributed by atoms with Crippen molar-refractivity contribution in [3.05, 3.63) is 60.6 Å². The summed E-state index contributed by atoms with van der Waals surface area (Å²) in [5.41, 5.74) is 6.92. The van der Waals surface area contributed by atoms with Crippen molar-refractivity contribution in [3.8, 4) is 17.0 Å². The second kappa shape index (κ2) is 9.30. The number of ether oxygens (including phenoxy) is 2. The Balaban J connectivity index is 1.34. The van der Waals surface area contributed by atoms with E-state index in [-0.39, 0.29) is 0 Å². The fourth-order valence-electron chi connectivity index (χ4n) is 4.41. The first-order chi connectivity index (χ1) is 17.1. The van der Waals surface area contributed by atoms with E-state index in [0.717, 1.165) is 64.0 Å². The lowest BCUT2D eigenvalue weighted by molar-refractivity contribution is 0.111. The molecule has 2 aliphatic carbocycles. The molecule has 0 bridgehead atoms. The van der Waals surface area contributed by atoms with Gasteiger partial charge in [-0.15, -0.1) is 0 Å². The van der Waals surface area contributed by atoms with Crippen molar-refractivity contribution in [1.29, 1.82) is 0 Å². The first-order valence-electron chi connectivity index (χ1n) is 12.4. The number of rotatable bonds is 10. The fraction of sp³-hybridized carbons (Fsp3) is 0.393. The van der Waals surface area contributed by atoms with Gasteiger partial charge in [-0.05, 0) is 73.4 Å². The Morgan fingerprint density at radius 2 is 1.83 bits per heavy atom. The SMILES string of the molecule is COc1cc(COCC2CC2)cc(N(CC2CC2)c2ccc3ncc(-c4cnn(C)c4)nc3c2)c1. The molecular formula is C28H31N5O2. The summed E-state index contributed by atoms with van der Waals surface area (Å²) >= 11 is 0. The molecule has 0 unspecified atom stereocenters. The summed E-state index contributed by atoms with van der Waals surface area (Å²) in [5, 5.41) is 4.28. The van der Waals surface area contributed by atoms with E-state index in [9.17, 15) is 0 Å². The highest BCUT2D eigenvalue weighted by Crippen LogP contribution is 2.38. The third kappa shape index (κ3) is 5.15. The second-order valence-electron chi connectivity index (χ2n) is 9.88. The molecule has 4 aromatic rings. The number of hydrogen-bond donors (Lipinski definition) is 0. The minimum Gasteiger partial charge on any atom is -0.497 e. The van der Waals surface area contributed by atoms with Gasteiger partial charge in [-0.1, -0.05) is 0 Å². The van der Waals surface area contributed by atoms with Gasteiger partial charge in [0.05, 0.1) is 42.8 Å². The number of hydrogen-bond acceptors (Lipinski definition) is 6. The van der Waals surface area contributed by atoms with Crippen LogP contribution < -0.4 is 9.64 Å². The zero-order valence-electron chi connectivity index (χ0n) is 20.4. The smallest absolute Gasteiger partial charge is 0.121 e. The topological polar surface area (TPSA) is 65.3 Å². The van der Waals surface area contributed by atoms with Crippen LogP contribution in [0.25, 0.3) is 22.3 Å². The molecule has 2 aliphatic rings. The van der Waals surface area contributed by atoms with Gasteiger partial charge in [-0.25, -0.2) is 4.98 Å². The maximum absolute atomic E-state index is 5.99. The van der Waals surface area contributed by atoms with Crippen LogP contribution in [0.15, 0.2) is 55.0 Å². The van der Waals surface area contributed by atoms with Crippen LogP contribution in [-0.4, -0.2) is 40.0 Å². The van der Waals surface area contributed by atoms with Crippen LogP contribution >= 0.6 is 0 Å². The van der Waals surface area contributed by atoms with E-state index < -0.39 is 0 Å². The maximum atomic E-state index is 5.99. The normalized spacial score (nSPS) is 15.5. The van der Waals surface area contributed by atoms with Crippen LogP contribution in [0.3, 0.4) is 0 Å². The van der Waals surface area contributed by atoms with Crippen molar-refractivity contribution in [2.45, 2.75) is 32.3 Å². The van der Waals surface area contributed by atoms with Crippen LogP contribution in [-0.2, 0) is 18.4 Å². The number of fused-ring (bicyclic) bond motifs is 1. The highest BCUT2D eigenvalue weighted by atomic mass is 16.5. The Kier molecular flexibility index (Phi) is 5.86. The van der Waals surface area contributed by atoms with Crippen molar-refractivity contribution in [3.63, 3.8) is 0 Å². The van der Waals surface area contributed by atoms with Crippen LogP contribution in [0.1, 0.15) is 31.2 Å². The molecule has 6 rings (SSSR count). The average molecular weight is 470 g/mol. The third-order valence-electron chi connectivity index (χ3n) is 6.79. The van der Waals surface area contributed by atoms with Crippen molar-refractivity contribution in [2.24, 2.45) is 18.9 Å². The van der Waals surface area contributed by atoms with Crippen LogP contribution in [0.4, 0.5) is 11.4 Å². The largest absolute Gasteiger partial charge is 0.497 e. The van der Waals surface area contributed by atoms with Gasteiger partial charge in [-0.3, -0.25) is 9.67 Å². The fourth-order valence-corrected chi connectivity index (χ4v) is 4.41. The molecule has 0 atom stereocenters. The van der Waals surface area contributed by atoms with E-state index in [4.69, 9.17) is 14.5 Å². The standard InChI is InChI=1S/C28H31N5O2/c1-32-16-22(13-30-32)28-14-29-26-8-7-23(12-27(26)31-28)33(15-19-3-4-19)24-9-21(10-25(11-24)34-2)18-35-17-20-5-6-20/h7-14,16,19-20H,3-6,15,17-18H2,1-2H3. The van der Waals surface area contributed by atoms with Crippen LogP contribution in [0.5, 0.6) is 5.75 Å². The lowest BCUT2D eigenvalue weighted by Crippen LogP contribution is -2.20. The summed E-state index contributed by atoms with van der Waals surface area (Å²) < 4.78 is 13.4. The number of nitrogens with zero attached hydrogens (tertiary/aromatic N) is 5. The number of anilines is 2. The van der Waals surface area contributed by atoms with Crippen LogP contribution in [0, 0.1) is 11.8 Å². The van der Waals surface area contributed by atoms with E-state index in [1.807, 2.05) is 25.6 Å². The third-order valence-corrected chi connectivity index (χ3v) is 6.79. The van der Waals surface area contributed by atoms with E-state index in [1.54, 1.807) is 11.8 Å². The lowest BCUT2D eigenvalue weighted by Gasteiger charge is -2.26. The molecule has 0 aliphatic heterocycles. The summed E-state index contributed by atoms with van der Waals surface area (Å²) in [7, 11) is 3.63. The molecule has 0 N–H and O–H groups in total. The van der Waals surface area contributed by atoms with E-state index in [2.05, 4.69) is 51.4 Å². The predicted molar refractivity (Wildman–Crippen MR) is 137 cm³/mol. The number of methoxy groups -OCH3 is 1. The molecule has 2 saturated carbocycles. The van der Waals surface area contributed by atoms with Gasteiger partial charge in [0.25, 0.3) is 0 Å². The number of benzene rings is 2. The molecule has 0 amide bonds. The molecule has 7 heteroatoms. The molecule has 35 heavy (non-hydrogen) atoms. The molecular weight excluding hydrogens is 438 g/mol. The van der Waals surface area contributed by atoms with Crippen molar-refractivity contribution in [2.75, 3.05) is 25.2 Å². The highest BCUT2D eigenvalue weighted by molar-refractivity contribution is 5.82. The molecule has 0 spiro atoms. The Bertz CT molecular complexity index is 1340. The molecule has 2 fully saturated rings. The van der Waals surface area contributed by atoms with Gasteiger partial charge in [0.2, 0.25) is 0 Å². The summed E-state index contributed by atoms with van der Waals surface area (Å²) in [4.78, 5) is 12.0. The van der Waals surface area contributed by atoms with Gasteiger partial charge in [-0.2, -0.15) is 5.10 Å².